The van der Waals surface area contributed by atoms with Crippen molar-refractivity contribution >= 4 is 24.1 Å². The zero-order chi connectivity index (χ0) is 16.5. The van der Waals surface area contributed by atoms with Crippen molar-refractivity contribution in [1.82, 2.24) is 10.2 Å². The number of piperazine rings is 1. The SMILES string of the molecule is CCC(=O)c1ccc(OCCCCC(=O)N2CCNCC2)cc1.Cl. The van der Waals surface area contributed by atoms with Gasteiger partial charge in [0, 0.05) is 44.6 Å². The molecular weight excluding hydrogens is 328 g/mol. The zero-order valence-corrected chi connectivity index (χ0v) is 15.1. The van der Waals surface area contributed by atoms with Gasteiger partial charge in [-0.1, -0.05) is 6.92 Å². The normalized spacial score (nSPS) is 14.0. The van der Waals surface area contributed by atoms with Crippen LogP contribution in [0.4, 0.5) is 0 Å². The van der Waals surface area contributed by atoms with E-state index in [2.05, 4.69) is 5.32 Å². The number of ketones is 1. The fourth-order valence-electron chi connectivity index (χ4n) is 2.58. The Labute approximate surface area is 150 Å². The predicted octanol–water partition coefficient (Wildman–Crippen LogP) is 2.68. The maximum absolute atomic E-state index is 12.0. The van der Waals surface area contributed by atoms with Gasteiger partial charge in [0.1, 0.15) is 5.75 Å². The molecule has 134 valence electrons. The van der Waals surface area contributed by atoms with Crippen molar-refractivity contribution in [2.45, 2.75) is 32.6 Å². The Morgan fingerprint density at radius 3 is 2.42 bits per heavy atom. The number of Topliss-reactive ketones (excluding diaryl/α,β-unsaturated/α-hetero) is 1. The molecular formula is C18H27ClN2O3. The first-order valence-electron chi connectivity index (χ1n) is 8.45. The van der Waals surface area contributed by atoms with Gasteiger partial charge in [-0.25, -0.2) is 0 Å². The molecule has 0 bridgehead atoms. The molecule has 0 saturated carbocycles. The van der Waals surface area contributed by atoms with Gasteiger partial charge in [0.25, 0.3) is 0 Å². The Hall–Kier alpha value is -1.59. The number of nitrogens with zero attached hydrogens (tertiary/aromatic N) is 1. The second kappa shape index (κ2) is 11.0. The van der Waals surface area contributed by atoms with Gasteiger partial charge in [-0.2, -0.15) is 0 Å². The van der Waals surface area contributed by atoms with Gasteiger partial charge < -0.3 is 15.0 Å². The summed E-state index contributed by atoms with van der Waals surface area (Å²) in [6.07, 6.45) is 2.80. The molecule has 0 atom stereocenters. The van der Waals surface area contributed by atoms with E-state index >= 15 is 0 Å². The Morgan fingerprint density at radius 1 is 1.12 bits per heavy atom. The Morgan fingerprint density at radius 2 is 1.79 bits per heavy atom. The van der Waals surface area contributed by atoms with Crippen molar-refractivity contribution in [2.75, 3.05) is 32.8 Å². The number of carbonyl (C=O) groups is 2. The number of nitrogens with one attached hydrogen (secondary N) is 1. The maximum atomic E-state index is 12.0. The molecule has 24 heavy (non-hydrogen) atoms. The van der Waals surface area contributed by atoms with Gasteiger partial charge in [0.2, 0.25) is 5.91 Å². The largest absolute Gasteiger partial charge is 0.494 e. The van der Waals surface area contributed by atoms with Gasteiger partial charge in [0.15, 0.2) is 5.78 Å². The van der Waals surface area contributed by atoms with E-state index in [1.165, 1.54) is 0 Å². The van der Waals surface area contributed by atoms with E-state index in [1.807, 2.05) is 24.0 Å². The third-order valence-corrected chi connectivity index (χ3v) is 4.02. The molecule has 1 aliphatic rings. The van der Waals surface area contributed by atoms with E-state index < -0.39 is 0 Å². The molecule has 1 fully saturated rings. The number of ether oxygens (including phenoxy) is 1. The smallest absolute Gasteiger partial charge is 0.222 e. The average molecular weight is 355 g/mol. The molecule has 0 spiro atoms. The lowest BCUT2D eigenvalue weighted by atomic mass is 10.1. The van der Waals surface area contributed by atoms with Gasteiger partial charge in [-0.3, -0.25) is 9.59 Å². The first kappa shape index (κ1) is 20.5. The fraction of sp³-hybridized carbons (Fsp3) is 0.556. The van der Waals surface area contributed by atoms with Crippen molar-refractivity contribution < 1.29 is 14.3 Å². The summed E-state index contributed by atoms with van der Waals surface area (Å²) in [5, 5.41) is 3.24. The van der Waals surface area contributed by atoms with E-state index in [1.54, 1.807) is 12.1 Å². The third kappa shape index (κ3) is 6.49. The standard InChI is InChI=1S/C18H26N2O3.ClH/c1-2-17(21)15-6-8-16(9-7-15)23-14-4-3-5-18(22)20-12-10-19-11-13-20;/h6-9,19H,2-5,10-14H2,1H3;1H. The van der Waals surface area contributed by atoms with Crippen LogP contribution in [0.2, 0.25) is 0 Å². The molecule has 1 aromatic carbocycles. The van der Waals surface area contributed by atoms with E-state index in [4.69, 9.17) is 4.74 Å². The van der Waals surface area contributed by atoms with Crippen LogP contribution in [0, 0.1) is 0 Å². The number of hydrogen-bond donors (Lipinski definition) is 1. The summed E-state index contributed by atoms with van der Waals surface area (Å²) in [6.45, 7) is 5.87. The van der Waals surface area contributed by atoms with Crippen molar-refractivity contribution in [2.24, 2.45) is 0 Å². The highest BCUT2D eigenvalue weighted by atomic mass is 35.5. The van der Waals surface area contributed by atoms with Crippen molar-refractivity contribution in [1.29, 1.82) is 0 Å². The molecule has 1 N–H and O–H groups in total. The molecule has 0 aliphatic carbocycles. The number of amides is 1. The first-order chi connectivity index (χ1) is 11.2. The molecule has 6 heteroatoms. The fourth-order valence-corrected chi connectivity index (χ4v) is 2.58. The molecule has 1 aliphatic heterocycles. The number of rotatable bonds is 8. The average Bonchev–Trinajstić information content (AvgIpc) is 2.62. The lowest BCUT2D eigenvalue weighted by Gasteiger charge is -2.27. The second-order valence-corrected chi connectivity index (χ2v) is 5.74. The van der Waals surface area contributed by atoms with E-state index in [-0.39, 0.29) is 24.1 Å². The minimum absolute atomic E-state index is 0. The summed E-state index contributed by atoms with van der Waals surface area (Å²) in [5.41, 5.74) is 0.724. The van der Waals surface area contributed by atoms with Crippen molar-refractivity contribution in [3.8, 4) is 5.75 Å². The summed E-state index contributed by atoms with van der Waals surface area (Å²) < 4.78 is 5.66. The molecule has 1 heterocycles. The summed E-state index contributed by atoms with van der Waals surface area (Å²) in [6, 6.07) is 7.26. The predicted molar refractivity (Wildman–Crippen MR) is 97.1 cm³/mol. The molecule has 2 rings (SSSR count). The summed E-state index contributed by atoms with van der Waals surface area (Å²) in [5.74, 6) is 1.16. The minimum atomic E-state index is 0. The number of halogens is 1. The molecule has 1 amide bonds. The third-order valence-electron chi connectivity index (χ3n) is 4.02. The molecule has 5 nitrogen and oxygen atoms in total. The van der Waals surface area contributed by atoms with E-state index in [0.29, 0.717) is 19.4 Å². The van der Waals surface area contributed by atoms with Gasteiger partial charge in [-0.15, -0.1) is 12.4 Å². The molecule has 0 radical (unpaired) electrons. The van der Waals surface area contributed by atoms with Crippen molar-refractivity contribution in [3.63, 3.8) is 0 Å². The lowest BCUT2D eigenvalue weighted by Crippen LogP contribution is -2.46. The highest BCUT2D eigenvalue weighted by molar-refractivity contribution is 5.95. The van der Waals surface area contributed by atoms with Gasteiger partial charge in [-0.05, 0) is 37.1 Å². The zero-order valence-electron chi connectivity index (χ0n) is 14.3. The van der Waals surface area contributed by atoms with Crippen LogP contribution in [0.5, 0.6) is 5.75 Å². The quantitative estimate of drug-likeness (QED) is 0.576. The summed E-state index contributed by atoms with van der Waals surface area (Å²) in [7, 11) is 0. The Bertz CT molecular complexity index is 514. The lowest BCUT2D eigenvalue weighted by molar-refractivity contribution is -0.131. The molecule has 1 saturated heterocycles. The first-order valence-corrected chi connectivity index (χ1v) is 8.45. The monoisotopic (exact) mass is 354 g/mol. The van der Waals surface area contributed by atoms with Gasteiger partial charge >= 0.3 is 0 Å². The van der Waals surface area contributed by atoms with E-state index in [9.17, 15) is 9.59 Å². The maximum Gasteiger partial charge on any atom is 0.222 e. The summed E-state index contributed by atoms with van der Waals surface area (Å²) in [4.78, 5) is 25.5. The van der Waals surface area contributed by atoms with Crippen LogP contribution >= 0.6 is 12.4 Å². The van der Waals surface area contributed by atoms with Crippen LogP contribution in [-0.2, 0) is 4.79 Å². The molecule has 0 unspecified atom stereocenters. The Kier molecular flexibility index (Phi) is 9.42. The van der Waals surface area contributed by atoms with Crippen molar-refractivity contribution in [3.05, 3.63) is 29.8 Å². The van der Waals surface area contributed by atoms with Crippen LogP contribution in [0.15, 0.2) is 24.3 Å². The second-order valence-electron chi connectivity index (χ2n) is 5.74. The highest BCUT2D eigenvalue weighted by Crippen LogP contribution is 2.14. The number of benzene rings is 1. The van der Waals surface area contributed by atoms with Crippen LogP contribution in [0.1, 0.15) is 43.0 Å². The molecule has 0 aromatic heterocycles. The molecule has 1 aromatic rings. The topological polar surface area (TPSA) is 58.6 Å². The Balaban J connectivity index is 0.00000288. The van der Waals surface area contributed by atoms with E-state index in [0.717, 1.165) is 50.3 Å². The number of hydrogen-bond acceptors (Lipinski definition) is 4. The number of carbonyl (C=O) groups excluding carboxylic acids is 2. The van der Waals surface area contributed by atoms with Crippen LogP contribution < -0.4 is 10.1 Å². The van der Waals surface area contributed by atoms with Gasteiger partial charge in [0.05, 0.1) is 6.61 Å². The van der Waals surface area contributed by atoms with Crippen LogP contribution in [-0.4, -0.2) is 49.4 Å². The minimum Gasteiger partial charge on any atom is -0.494 e. The highest BCUT2D eigenvalue weighted by Gasteiger charge is 2.15. The summed E-state index contributed by atoms with van der Waals surface area (Å²) >= 11 is 0. The van der Waals surface area contributed by atoms with Crippen LogP contribution in [0.25, 0.3) is 0 Å². The number of unbranched alkanes of at least 4 members (excludes halogenated alkanes) is 1. The van der Waals surface area contributed by atoms with Crippen LogP contribution in [0.3, 0.4) is 0 Å².